The van der Waals surface area contributed by atoms with Gasteiger partial charge in [0.25, 0.3) is 5.91 Å². The third-order valence-corrected chi connectivity index (χ3v) is 3.59. The van der Waals surface area contributed by atoms with Gasteiger partial charge in [0.2, 0.25) is 0 Å². The Labute approximate surface area is 140 Å². The monoisotopic (exact) mass is 324 g/mol. The van der Waals surface area contributed by atoms with Crippen LogP contribution in [-0.4, -0.2) is 48.0 Å². The number of hydrogen-bond acceptors (Lipinski definition) is 4. The molecule has 0 aliphatic rings. The fourth-order valence-electron chi connectivity index (χ4n) is 2.36. The van der Waals surface area contributed by atoms with E-state index < -0.39 is 0 Å². The molecule has 3 rings (SSSR count). The lowest BCUT2D eigenvalue weighted by Crippen LogP contribution is -2.19. The molecule has 2 N–H and O–H groups in total. The van der Waals surface area contributed by atoms with Crippen LogP contribution in [0.1, 0.15) is 10.4 Å². The van der Waals surface area contributed by atoms with E-state index in [0.717, 1.165) is 17.8 Å². The number of aromatic nitrogens is 2. The van der Waals surface area contributed by atoms with Crippen LogP contribution in [0.5, 0.6) is 5.75 Å². The Hall–Kier alpha value is -2.86. The zero-order valence-electron chi connectivity index (χ0n) is 13.7. The summed E-state index contributed by atoms with van der Waals surface area (Å²) < 4.78 is 5.69. The predicted molar refractivity (Wildman–Crippen MR) is 94.5 cm³/mol. The Kier molecular flexibility index (Phi) is 4.77. The smallest absolute Gasteiger partial charge is 0.257 e. The van der Waals surface area contributed by atoms with Crippen molar-refractivity contribution in [2.24, 2.45) is 0 Å². The predicted octanol–water partition coefficient (Wildman–Crippen LogP) is 2.76. The summed E-state index contributed by atoms with van der Waals surface area (Å²) in [6.45, 7) is 1.43. The SMILES string of the molecule is CN(C)CCOc1cccc(NC(=O)c2cccc3[nH]cnc23)c1. The molecule has 0 saturated heterocycles. The number of amides is 1. The topological polar surface area (TPSA) is 70.2 Å². The molecule has 3 aromatic rings. The molecule has 24 heavy (non-hydrogen) atoms. The molecule has 6 nitrogen and oxygen atoms in total. The van der Waals surface area contributed by atoms with Crippen LogP contribution in [0, 0.1) is 0 Å². The molecular formula is C18H20N4O2. The highest BCUT2D eigenvalue weighted by Gasteiger charge is 2.12. The van der Waals surface area contributed by atoms with Gasteiger partial charge >= 0.3 is 0 Å². The van der Waals surface area contributed by atoms with Crippen LogP contribution < -0.4 is 10.1 Å². The van der Waals surface area contributed by atoms with Gasteiger partial charge in [-0.2, -0.15) is 0 Å². The van der Waals surface area contributed by atoms with Crippen molar-refractivity contribution < 1.29 is 9.53 Å². The fraction of sp³-hybridized carbons (Fsp3) is 0.222. The van der Waals surface area contributed by atoms with Gasteiger partial charge in [-0.25, -0.2) is 4.98 Å². The van der Waals surface area contributed by atoms with Crippen molar-refractivity contribution >= 4 is 22.6 Å². The largest absolute Gasteiger partial charge is 0.492 e. The van der Waals surface area contributed by atoms with Crippen molar-refractivity contribution in [1.29, 1.82) is 0 Å². The second-order valence-electron chi connectivity index (χ2n) is 5.74. The number of hydrogen-bond donors (Lipinski definition) is 2. The van der Waals surface area contributed by atoms with Gasteiger partial charge in [-0.05, 0) is 38.4 Å². The number of likely N-dealkylation sites (N-methyl/N-ethyl adjacent to an activating group) is 1. The van der Waals surface area contributed by atoms with Crippen molar-refractivity contribution in [2.75, 3.05) is 32.6 Å². The van der Waals surface area contributed by atoms with Crippen molar-refractivity contribution in [3.8, 4) is 5.75 Å². The summed E-state index contributed by atoms with van der Waals surface area (Å²) in [6, 6.07) is 12.9. The highest BCUT2D eigenvalue weighted by molar-refractivity contribution is 6.11. The maximum absolute atomic E-state index is 12.5. The number of anilines is 1. The highest BCUT2D eigenvalue weighted by Crippen LogP contribution is 2.20. The van der Waals surface area contributed by atoms with Crippen LogP contribution in [0.2, 0.25) is 0 Å². The highest BCUT2D eigenvalue weighted by atomic mass is 16.5. The first kappa shape index (κ1) is 16.0. The van der Waals surface area contributed by atoms with E-state index >= 15 is 0 Å². The molecule has 0 aliphatic carbocycles. The van der Waals surface area contributed by atoms with Crippen molar-refractivity contribution in [2.45, 2.75) is 0 Å². The Bertz CT molecular complexity index is 842. The average molecular weight is 324 g/mol. The van der Waals surface area contributed by atoms with Gasteiger partial charge in [-0.15, -0.1) is 0 Å². The molecule has 1 heterocycles. The molecule has 6 heteroatoms. The summed E-state index contributed by atoms with van der Waals surface area (Å²) in [6.07, 6.45) is 1.58. The quantitative estimate of drug-likeness (QED) is 0.731. The van der Waals surface area contributed by atoms with E-state index in [1.54, 1.807) is 12.4 Å². The van der Waals surface area contributed by atoms with Crippen LogP contribution in [0.3, 0.4) is 0 Å². The van der Waals surface area contributed by atoms with E-state index in [0.29, 0.717) is 23.4 Å². The van der Waals surface area contributed by atoms with Crippen LogP contribution >= 0.6 is 0 Å². The van der Waals surface area contributed by atoms with Crippen molar-refractivity contribution in [1.82, 2.24) is 14.9 Å². The zero-order valence-corrected chi connectivity index (χ0v) is 13.7. The standard InChI is InChI=1S/C18H20N4O2/c1-22(2)9-10-24-14-6-3-5-13(11-14)21-18(23)15-7-4-8-16-17(15)20-12-19-16/h3-8,11-12H,9-10H2,1-2H3,(H,19,20)(H,21,23). The number of aromatic amines is 1. The van der Waals surface area contributed by atoms with Crippen LogP contribution in [0.4, 0.5) is 5.69 Å². The lowest BCUT2D eigenvalue weighted by atomic mass is 10.1. The molecule has 0 spiro atoms. The number of para-hydroxylation sites is 1. The summed E-state index contributed by atoms with van der Waals surface area (Å²) in [5.41, 5.74) is 2.72. The van der Waals surface area contributed by atoms with Crippen LogP contribution in [-0.2, 0) is 0 Å². The van der Waals surface area contributed by atoms with Crippen LogP contribution in [0.25, 0.3) is 11.0 Å². The second-order valence-corrected chi connectivity index (χ2v) is 5.74. The maximum atomic E-state index is 12.5. The van der Waals surface area contributed by atoms with Gasteiger partial charge in [-0.3, -0.25) is 4.79 Å². The van der Waals surface area contributed by atoms with E-state index in [1.165, 1.54) is 0 Å². The molecule has 0 radical (unpaired) electrons. The van der Waals surface area contributed by atoms with Gasteiger partial charge < -0.3 is 19.9 Å². The molecule has 1 amide bonds. The Morgan fingerprint density at radius 2 is 2.08 bits per heavy atom. The molecule has 124 valence electrons. The molecule has 0 atom stereocenters. The van der Waals surface area contributed by atoms with E-state index in [4.69, 9.17) is 4.74 Å². The van der Waals surface area contributed by atoms with E-state index in [9.17, 15) is 4.79 Å². The number of benzene rings is 2. The molecular weight excluding hydrogens is 304 g/mol. The fourth-order valence-corrected chi connectivity index (χ4v) is 2.36. The summed E-state index contributed by atoms with van der Waals surface area (Å²) in [7, 11) is 3.99. The molecule has 0 bridgehead atoms. The van der Waals surface area contributed by atoms with Gasteiger partial charge in [-0.1, -0.05) is 12.1 Å². The van der Waals surface area contributed by atoms with E-state index in [1.807, 2.05) is 50.5 Å². The van der Waals surface area contributed by atoms with E-state index in [2.05, 4.69) is 20.2 Å². The van der Waals surface area contributed by atoms with Crippen LogP contribution in [0.15, 0.2) is 48.8 Å². The molecule has 0 fully saturated rings. The van der Waals surface area contributed by atoms with Crippen molar-refractivity contribution in [3.63, 3.8) is 0 Å². The van der Waals surface area contributed by atoms with Gasteiger partial charge in [0.05, 0.1) is 17.4 Å². The molecule has 0 aliphatic heterocycles. The first-order chi connectivity index (χ1) is 11.6. The second kappa shape index (κ2) is 7.14. The molecule has 1 aromatic heterocycles. The number of nitrogens with one attached hydrogen (secondary N) is 2. The number of carbonyl (C=O) groups is 1. The summed E-state index contributed by atoms with van der Waals surface area (Å²) in [4.78, 5) is 21.8. The minimum absolute atomic E-state index is 0.196. The Morgan fingerprint density at radius 3 is 2.92 bits per heavy atom. The third kappa shape index (κ3) is 3.72. The first-order valence-electron chi connectivity index (χ1n) is 7.74. The summed E-state index contributed by atoms with van der Waals surface area (Å²) in [5, 5.41) is 2.90. The Balaban J connectivity index is 1.71. The number of carbonyl (C=O) groups excluding carboxylic acids is 1. The summed E-state index contributed by atoms with van der Waals surface area (Å²) in [5.74, 6) is 0.533. The lowest BCUT2D eigenvalue weighted by molar-refractivity contribution is 0.102. The number of fused-ring (bicyclic) bond motifs is 1. The van der Waals surface area contributed by atoms with Gasteiger partial charge in [0.1, 0.15) is 17.9 Å². The maximum Gasteiger partial charge on any atom is 0.257 e. The molecule has 2 aromatic carbocycles. The number of rotatable bonds is 6. The normalized spacial score (nSPS) is 11.0. The number of imidazole rings is 1. The number of H-pyrrole nitrogens is 1. The van der Waals surface area contributed by atoms with Gasteiger partial charge in [0.15, 0.2) is 0 Å². The molecule has 0 saturated carbocycles. The van der Waals surface area contributed by atoms with Gasteiger partial charge in [0, 0.05) is 18.3 Å². The lowest BCUT2D eigenvalue weighted by Gasteiger charge is -2.12. The number of ether oxygens (including phenoxy) is 1. The average Bonchev–Trinajstić information content (AvgIpc) is 3.03. The third-order valence-electron chi connectivity index (χ3n) is 3.59. The first-order valence-corrected chi connectivity index (χ1v) is 7.74. The Morgan fingerprint density at radius 1 is 1.25 bits per heavy atom. The van der Waals surface area contributed by atoms with Crippen molar-refractivity contribution in [3.05, 3.63) is 54.4 Å². The zero-order chi connectivity index (χ0) is 16.9. The minimum atomic E-state index is -0.196. The van der Waals surface area contributed by atoms with E-state index in [-0.39, 0.29) is 5.91 Å². The summed E-state index contributed by atoms with van der Waals surface area (Å²) >= 11 is 0. The minimum Gasteiger partial charge on any atom is -0.492 e. The number of nitrogens with zero attached hydrogens (tertiary/aromatic N) is 2. The molecule has 0 unspecified atom stereocenters.